The molecule has 1 amide bonds. The van der Waals surface area contributed by atoms with Crippen LogP contribution >= 0.6 is 0 Å². The molecule has 2 heterocycles. The SMILES string of the molecule is CCNS(=O)(=O)C1CCN(C(=NCC(=O)N(C)C)NCCN2CCOCC2)C1. The fourth-order valence-corrected chi connectivity index (χ4v) is 4.63. The Morgan fingerprint density at radius 1 is 1.25 bits per heavy atom. The van der Waals surface area contributed by atoms with Gasteiger partial charge in [-0.1, -0.05) is 6.92 Å². The van der Waals surface area contributed by atoms with Gasteiger partial charge in [-0.3, -0.25) is 9.69 Å². The van der Waals surface area contributed by atoms with E-state index in [9.17, 15) is 13.2 Å². The molecule has 162 valence electrons. The van der Waals surface area contributed by atoms with Crippen molar-refractivity contribution < 1.29 is 17.9 Å². The van der Waals surface area contributed by atoms with Crippen LogP contribution < -0.4 is 10.0 Å². The number of likely N-dealkylation sites (tertiary alicyclic amines) is 1. The maximum absolute atomic E-state index is 12.3. The molecule has 2 aliphatic heterocycles. The number of hydrogen-bond acceptors (Lipinski definition) is 6. The van der Waals surface area contributed by atoms with Crippen LogP contribution in [0.1, 0.15) is 13.3 Å². The van der Waals surface area contributed by atoms with Gasteiger partial charge in [0.25, 0.3) is 0 Å². The largest absolute Gasteiger partial charge is 0.379 e. The van der Waals surface area contributed by atoms with Crippen LogP contribution in [0.3, 0.4) is 0 Å². The van der Waals surface area contributed by atoms with Crippen molar-refractivity contribution >= 4 is 21.9 Å². The molecule has 0 aromatic carbocycles. The molecule has 10 nitrogen and oxygen atoms in total. The summed E-state index contributed by atoms with van der Waals surface area (Å²) in [4.78, 5) is 22.1. The molecule has 1 unspecified atom stereocenters. The molecule has 0 aliphatic carbocycles. The molecule has 1 atom stereocenters. The molecule has 2 saturated heterocycles. The number of rotatable bonds is 8. The van der Waals surface area contributed by atoms with E-state index >= 15 is 0 Å². The fraction of sp³-hybridized carbons (Fsp3) is 0.882. The zero-order chi connectivity index (χ0) is 20.6. The summed E-state index contributed by atoms with van der Waals surface area (Å²) in [7, 11) is 0.0549. The van der Waals surface area contributed by atoms with Gasteiger partial charge in [0, 0.05) is 59.9 Å². The molecule has 0 radical (unpaired) electrons. The van der Waals surface area contributed by atoms with Crippen molar-refractivity contribution in [2.75, 3.05) is 79.7 Å². The average Bonchev–Trinajstić information content (AvgIpc) is 3.16. The Labute approximate surface area is 168 Å². The van der Waals surface area contributed by atoms with E-state index < -0.39 is 15.3 Å². The van der Waals surface area contributed by atoms with Crippen LogP contribution in [0.15, 0.2) is 4.99 Å². The molecule has 2 fully saturated rings. The third-order valence-corrected chi connectivity index (χ3v) is 6.86. The predicted octanol–water partition coefficient (Wildman–Crippen LogP) is -1.63. The van der Waals surface area contributed by atoms with E-state index in [-0.39, 0.29) is 12.5 Å². The van der Waals surface area contributed by atoms with Gasteiger partial charge in [-0.25, -0.2) is 18.1 Å². The first-order valence-corrected chi connectivity index (χ1v) is 11.4. The van der Waals surface area contributed by atoms with Crippen LogP contribution in [-0.2, 0) is 19.6 Å². The zero-order valence-corrected chi connectivity index (χ0v) is 18.0. The van der Waals surface area contributed by atoms with E-state index in [1.165, 1.54) is 4.90 Å². The summed E-state index contributed by atoms with van der Waals surface area (Å²) >= 11 is 0. The van der Waals surface area contributed by atoms with Gasteiger partial charge in [-0.05, 0) is 6.42 Å². The number of sulfonamides is 1. The lowest BCUT2D eigenvalue weighted by Gasteiger charge is -2.28. The lowest BCUT2D eigenvalue weighted by molar-refractivity contribution is -0.127. The molecular formula is C17H34N6O4S. The smallest absolute Gasteiger partial charge is 0.243 e. The molecule has 2 N–H and O–H groups in total. The number of carbonyl (C=O) groups excluding carboxylic acids is 1. The summed E-state index contributed by atoms with van der Waals surface area (Å²) < 4.78 is 32.5. The second kappa shape index (κ2) is 10.9. The number of carbonyl (C=O) groups is 1. The number of hydrogen-bond donors (Lipinski definition) is 2. The van der Waals surface area contributed by atoms with Crippen molar-refractivity contribution in [3.63, 3.8) is 0 Å². The zero-order valence-electron chi connectivity index (χ0n) is 17.2. The van der Waals surface area contributed by atoms with Gasteiger partial charge in [0.15, 0.2) is 5.96 Å². The Hall–Kier alpha value is -1.43. The number of ether oxygens (including phenoxy) is 1. The van der Waals surface area contributed by atoms with Gasteiger partial charge in [0.05, 0.1) is 18.5 Å². The number of amides is 1. The number of guanidine groups is 1. The van der Waals surface area contributed by atoms with E-state index in [0.29, 0.717) is 38.6 Å². The first-order valence-electron chi connectivity index (χ1n) is 9.85. The first-order chi connectivity index (χ1) is 13.3. The summed E-state index contributed by atoms with van der Waals surface area (Å²) in [6.45, 7) is 7.97. The van der Waals surface area contributed by atoms with Crippen molar-refractivity contribution in [3.8, 4) is 0 Å². The van der Waals surface area contributed by atoms with E-state index in [1.54, 1.807) is 21.0 Å². The van der Waals surface area contributed by atoms with Gasteiger partial charge in [-0.2, -0.15) is 0 Å². The fourth-order valence-electron chi connectivity index (χ4n) is 3.20. The Morgan fingerprint density at radius 2 is 1.96 bits per heavy atom. The molecule has 28 heavy (non-hydrogen) atoms. The van der Waals surface area contributed by atoms with Crippen LogP contribution in [0, 0.1) is 0 Å². The summed E-state index contributed by atoms with van der Waals surface area (Å²) in [5, 5.41) is 2.85. The highest BCUT2D eigenvalue weighted by molar-refractivity contribution is 7.90. The standard InChI is InChI=1S/C17H34N6O4S/c1-4-20-28(25,26)15-5-7-23(14-15)17(19-13-16(24)21(2)3)18-6-8-22-9-11-27-12-10-22/h15,20H,4-14H2,1-3H3,(H,18,19). The van der Waals surface area contributed by atoms with Crippen LogP contribution in [-0.4, -0.2) is 120 Å². The highest BCUT2D eigenvalue weighted by atomic mass is 32.2. The molecule has 11 heteroatoms. The minimum absolute atomic E-state index is 0.0357. The summed E-state index contributed by atoms with van der Waals surface area (Å²) in [6.07, 6.45) is 0.543. The topological polar surface area (TPSA) is 107 Å². The quantitative estimate of drug-likeness (QED) is 0.360. The average molecular weight is 419 g/mol. The van der Waals surface area contributed by atoms with E-state index in [4.69, 9.17) is 4.74 Å². The lowest BCUT2D eigenvalue weighted by atomic mass is 10.4. The van der Waals surface area contributed by atoms with Crippen LogP contribution in [0.4, 0.5) is 0 Å². The number of nitrogens with zero attached hydrogens (tertiary/aromatic N) is 4. The third-order valence-electron chi connectivity index (χ3n) is 4.91. The maximum Gasteiger partial charge on any atom is 0.243 e. The number of aliphatic imine (C=N–C) groups is 1. The highest BCUT2D eigenvalue weighted by Crippen LogP contribution is 2.16. The second-order valence-corrected chi connectivity index (χ2v) is 9.25. The van der Waals surface area contributed by atoms with E-state index in [0.717, 1.165) is 32.8 Å². The Balaban J connectivity index is 1.97. The number of morpholine rings is 1. The molecule has 2 rings (SSSR count). The molecular weight excluding hydrogens is 384 g/mol. The molecule has 0 aromatic heterocycles. The lowest BCUT2D eigenvalue weighted by Crippen LogP contribution is -2.46. The van der Waals surface area contributed by atoms with Gasteiger partial charge in [0.1, 0.15) is 6.54 Å². The predicted molar refractivity (Wildman–Crippen MR) is 109 cm³/mol. The molecule has 0 aromatic rings. The molecule has 0 saturated carbocycles. The van der Waals surface area contributed by atoms with Crippen LogP contribution in [0.25, 0.3) is 0 Å². The Bertz CT molecular complexity index is 634. The summed E-state index contributed by atoms with van der Waals surface area (Å²) in [5.74, 6) is 0.501. The van der Waals surface area contributed by atoms with Crippen molar-refractivity contribution in [1.82, 2.24) is 24.7 Å². The van der Waals surface area contributed by atoms with Gasteiger partial charge >= 0.3 is 0 Å². The first kappa shape index (κ1) is 22.9. The third kappa shape index (κ3) is 6.87. The molecule has 0 spiro atoms. The summed E-state index contributed by atoms with van der Waals surface area (Å²) in [5.41, 5.74) is 0. The van der Waals surface area contributed by atoms with Gasteiger partial charge in [-0.15, -0.1) is 0 Å². The number of nitrogens with one attached hydrogen (secondary N) is 2. The normalized spacial score (nSPS) is 21.8. The minimum Gasteiger partial charge on any atom is -0.379 e. The Kier molecular flexibility index (Phi) is 8.93. The Morgan fingerprint density at radius 3 is 2.61 bits per heavy atom. The molecule has 2 aliphatic rings. The number of likely N-dealkylation sites (N-methyl/N-ethyl adjacent to an activating group) is 1. The van der Waals surface area contributed by atoms with E-state index in [2.05, 4.69) is 19.9 Å². The van der Waals surface area contributed by atoms with Crippen molar-refractivity contribution in [2.45, 2.75) is 18.6 Å². The highest BCUT2D eigenvalue weighted by Gasteiger charge is 2.34. The van der Waals surface area contributed by atoms with Crippen LogP contribution in [0.2, 0.25) is 0 Å². The monoisotopic (exact) mass is 418 g/mol. The van der Waals surface area contributed by atoms with Crippen molar-refractivity contribution in [3.05, 3.63) is 0 Å². The second-order valence-electron chi connectivity index (χ2n) is 7.21. The van der Waals surface area contributed by atoms with Gasteiger partial charge in [0.2, 0.25) is 15.9 Å². The molecule has 0 bridgehead atoms. The summed E-state index contributed by atoms with van der Waals surface area (Å²) in [6, 6.07) is 0. The van der Waals surface area contributed by atoms with Gasteiger partial charge < -0.3 is 19.9 Å². The van der Waals surface area contributed by atoms with E-state index in [1.807, 2.05) is 4.90 Å². The van der Waals surface area contributed by atoms with Crippen molar-refractivity contribution in [2.24, 2.45) is 4.99 Å². The van der Waals surface area contributed by atoms with Crippen LogP contribution in [0.5, 0.6) is 0 Å². The maximum atomic E-state index is 12.3. The van der Waals surface area contributed by atoms with Crippen molar-refractivity contribution in [1.29, 1.82) is 0 Å². The minimum atomic E-state index is -3.33.